The van der Waals surface area contributed by atoms with Gasteiger partial charge in [0.05, 0.1) is 11.6 Å². The Morgan fingerprint density at radius 1 is 1.03 bits per heavy atom. The Morgan fingerprint density at radius 2 is 1.69 bits per heavy atom. The van der Waals surface area contributed by atoms with E-state index in [2.05, 4.69) is 5.32 Å². The highest BCUT2D eigenvalue weighted by atomic mass is 16.6. The van der Waals surface area contributed by atoms with Gasteiger partial charge in [-0.1, -0.05) is 36.4 Å². The van der Waals surface area contributed by atoms with Crippen molar-refractivity contribution in [3.63, 3.8) is 0 Å². The summed E-state index contributed by atoms with van der Waals surface area (Å²) >= 11 is 0. The molecule has 1 fully saturated rings. The van der Waals surface area contributed by atoms with E-state index in [0.717, 1.165) is 12.8 Å². The van der Waals surface area contributed by atoms with Crippen LogP contribution in [0.4, 0.5) is 10.5 Å². The Kier molecular flexibility index (Phi) is 6.65. The number of anilines is 1. The molecule has 0 radical (unpaired) electrons. The Morgan fingerprint density at radius 3 is 2.37 bits per heavy atom. The van der Waals surface area contributed by atoms with Gasteiger partial charge >= 0.3 is 12.1 Å². The minimum Gasteiger partial charge on any atom is -0.462 e. The van der Waals surface area contributed by atoms with Crippen molar-refractivity contribution in [1.82, 2.24) is 5.32 Å². The number of alkyl carbamates (subject to hydrolysis) is 1. The third kappa shape index (κ3) is 5.06. The first-order valence-electron chi connectivity index (χ1n) is 11.8. The van der Waals surface area contributed by atoms with E-state index in [1.54, 1.807) is 57.2 Å². The van der Waals surface area contributed by atoms with Crippen molar-refractivity contribution < 1.29 is 28.7 Å². The number of fused-ring (bicyclic) bond motifs is 2. The first kappa shape index (κ1) is 24.4. The van der Waals surface area contributed by atoms with Crippen LogP contribution in [0.15, 0.2) is 42.5 Å². The number of hydrogen-bond donors (Lipinski definition) is 1. The second kappa shape index (κ2) is 9.52. The molecule has 0 saturated carbocycles. The highest BCUT2D eigenvalue weighted by Crippen LogP contribution is 2.36. The summed E-state index contributed by atoms with van der Waals surface area (Å²) in [7, 11) is 0. The Hall–Kier alpha value is -3.68. The highest BCUT2D eigenvalue weighted by molar-refractivity contribution is 6.30. The summed E-state index contributed by atoms with van der Waals surface area (Å²) in [5.41, 5.74) is 1.61. The van der Waals surface area contributed by atoms with Crippen LogP contribution in [0.25, 0.3) is 0 Å². The predicted molar refractivity (Wildman–Crippen MR) is 130 cm³/mol. The van der Waals surface area contributed by atoms with E-state index >= 15 is 0 Å². The molecular formula is C27H30N2O6. The second-order valence-electron chi connectivity index (χ2n) is 9.89. The van der Waals surface area contributed by atoms with Gasteiger partial charge in [-0.2, -0.15) is 0 Å². The number of amides is 1. The van der Waals surface area contributed by atoms with E-state index < -0.39 is 23.7 Å². The molecule has 0 aromatic heterocycles. The van der Waals surface area contributed by atoms with Crippen LogP contribution in [0, 0.1) is 0 Å². The monoisotopic (exact) mass is 478 g/mol. The Bertz CT molecular complexity index is 1180. The zero-order valence-electron chi connectivity index (χ0n) is 20.4. The van der Waals surface area contributed by atoms with Gasteiger partial charge in [-0.15, -0.1) is 0 Å². The molecule has 0 unspecified atom stereocenters. The van der Waals surface area contributed by atoms with Gasteiger partial charge in [-0.05, 0) is 46.6 Å². The van der Waals surface area contributed by atoms with Crippen molar-refractivity contribution in [2.45, 2.75) is 58.2 Å². The van der Waals surface area contributed by atoms with Crippen molar-refractivity contribution in [1.29, 1.82) is 0 Å². The first-order chi connectivity index (χ1) is 16.6. The summed E-state index contributed by atoms with van der Waals surface area (Å²) in [5, 5.41) is 2.48. The van der Waals surface area contributed by atoms with Crippen LogP contribution in [0.3, 0.4) is 0 Å². The van der Waals surface area contributed by atoms with Crippen LogP contribution < -0.4 is 10.2 Å². The van der Waals surface area contributed by atoms with Crippen LogP contribution in [0.2, 0.25) is 0 Å². The van der Waals surface area contributed by atoms with E-state index in [9.17, 15) is 19.2 Å². The third-order valence-electron chi connectivity index (χ3n) is 6.12. The summed E-state index contributed by atoms with van der Waals surface area (Å²) < 4.78 is 10.7. The summed E-state index contributed by atoms with van der Waals surface area (Å²) in [6.07, 6.45) is 0.934. The maximum Gasteiger partial charge on any atom is 0.408 e. The average Bonchev–Trinajstić information content (AvgIpc) is 3.27. The average molecular weight is 479 g/mol. The smallest absolute Gasteiger partial charge is 0.408 e. The van der Waals surface area contributed by atoms with Gasteiger partial charge in [-0.25, -0.2) is 9.59 Å². The molecule has 1 amide bonds. The standard InChI is InChI=1S/C27H30N2O6/c1-16(28-26(33)35-27(2,3)4)25(32)34-15-17-9-8-14-29(17)21-13-7-12-20-22(21)24(31)19-11-6-5-10-18(19)23(20)30/h5-7,10-13,16-17H,8-9,14-15H2,1-4H3,(H,28,33)/t16-,17-/m0/s1. The zero-order valence-corrected chi connectivity index (χ0v) is 20.4. The van der Waals surface area contributed by atoms with Crippen LogP contribution in [0.1, 0.15) is 72.4 Å². The Labute approximate surface area is 204 Å². The summed E-state index contributed by atoms with van der Waals surface area (Å²) in [4.78, 5) is 52.9. The molecule has 4 rings (SSSR count). The number of nitrogens with zero attached hydrogens (tertiary/aromatic N) is 1. The van der Waals surface area contributed by atoms with E-state index in [1.807, 2.05) is 11.0 Å². The zero-order chi connectivity index (χ0) is 25.3. The first-order valence-corrected chi connectivity index (χ1v) is 11.8. The Balaban J connectivity index is 1.48. The largest absolute Gasteiger partial charge is 0.462 e. The lowest BCUT2D eigenvalue weighted by Crippen LogP contribution is -2.43. The molecular weight excluding hydrogens is 448 g/mol. The predicted octanol–water partition coefficient (Wildman–Crippen LogP) is 3.89. The minimum atomic E-state index is -0.875. The second-order valence-corrected chi connectivity index (χ2v) is 9.89. The van der Waals surface area contributed by atoms with Gasteiger partial charge in [0, 0.05) is 28.9 Å². The number of esters is 1. The summed E-state index contributed by atoms with van der Waals surface area (Å²) in [6, 6.07) is 11.1. The molecule has 2 aliphatic rings. The highest BCUT2D eigenvalue weighted by Gasteiger charge is 2.36. The lowest BCUT2D eigenvalue weighted by Gasteiger charge is -2.30. The lowest BCUT2D eigenvalue weighted by atomic mass is 9.83. The van der Waals surface area contributed by atoms with Gasteiger partial charge in [-0.3, -0.25) is 9.59 Å². The molecule has 1 N–H and O–H groups in total. The third-order valence-corrected chi connectivity index (χ3v) is 6.12. The van der Waals surface area contributed by atoms with Gasteiger partial charge in [0.15, 0.2) is 11.6 Å². The van der Waals surface area contributed by atoms with Crippen molar-refractivity contribution in [3.05, 3.63) is 64.7 Å². The van der Waals surface area contributed by atoms with E-state index in [1.165, 1.54) is 6.92 Å². The number of ether oxygens (including phenoxy) is 2. The number of hydrogen-bond acceptors (Lipinski definition) is 7. The molecule has 35 heavy (non-hydrogen) atoms. The molecule has 184 valence electrons. The van der Waals surface area contributed by atoms with Gasteiger partial charge < -0.3 is 19.7 Å². The maximum absolute atomic E-state index is 13.4. The SMILES string of the molecule is C[C@H](NC(=O)OC(C)(C)C)C(=O)OC[C@@H]1CCCN1c1cccc2c1C(=O)c1ccccc1C2=O. The van der Waals surface area contributed by atoms with Crippen LogP contribution in [-0.2, 0) is 14.3 Å². The molecule has 8 heteroatoms. The number of nitrogens with one attached hydrogen (secondary N) is 1. The molecule has 2 aromatic carbocycles. The van der Waals surface area contributed by atoms with Crippen molar-refractivity contribution >= 4 is 29.3 Å². The molecule has 1 aliphatic heterocycles. The molecule has 1 aliphatic carbocycles. The molecule has 0 spiro atoms. The topological polar surface area (TPSA) is 102 Å². The number of ketones is 2. The maximum atomic E-state index is 13.4. The minimum absolute atomic E-state index is 0.0988. The van der Waals surface area contributed by atoms with Crippen molar-refractivity contribution in [2.24, 2.45) is 0 Å². The van der Waals surface area contributed by atoms with E-state index in [0.29, 0.717) is 34.5 Å². The van der Waals surface area contributed by atoms with Crippen LogP contribution >= 0.6 is 0 Å². The number of carbonyl (C=O) groups excluding carboxylic acids is 4. The normalized spacial score (nSPS) is 17.9. The van der Waals surface area contributed by atoms with Crippen molar-refractivity contribution in [3.8, 4) is 0 Å². The number of benzene rings is 2. The number of rotatable bonds is 5. The van der Waals surface area contributed by atoms with Crippen molar-refractivity contribution in [2.75, 3.05) is 18.1 Å². The quantitative estimate of drug-likeness (QED) is 0.555. The van der Waals surface area contributed by atoms with E-state index in [4.69, 9.17) is 9.47 Å². The lowest BCUT2D eigenvalue weighted by molar-refractivity contribution is -0.146. The van der Waals surface area contributed by atoms with Gasteiger partial charge in [0.2, 0.25) is 0 Å². The summed E-state index contributed by atoms with van der Waals surface area (Å²) in [6.45, 7) is 7.53. The number of carbonyl (C=O) groups is 4. The molecule has 1 heterocycles. The van der Waals surface area contributed by atoms with Crippen LogP contribution in [-0.4, -0.2) is 54.5 Å². The van der Waals surface area contributed by atoms with E-state index in [-0.39, 0.29) is 24.2 Å². The molecule has 2 aromatic rings. The molecule has 8 nitrogen and oxygen atoms in total. The van der Waals surface area contributed by atoms with Gasteiger partial charge in [0.25, 0.3) is 0 Å². The van der Waals surface area contributed by atoms with Gasteiger partial charge in [0.1, 0.15) is 18.2 Å². The fourth-order valence-corrected chi connectivity index (χ4v) is 4.54. The fraction of sp³-hybridized carbons (Fsp3) is 0.407. The summed E-state index contributed by atoms with van der Waals surface area (Å²) in [5.74, 6) is -0.914. The molecule has 1 saturated heterocycles. The fourth-order valence-electron chi connectivity index (χ4n) is 4.54. The molecule has 0 bridgehead atoms. The van der Waals surface area contributed by atoms with Crippen LogP contribution in [0.5, 0.6) is 0 Å². The molecule has 2 atom stereocenters.